The van der Waals surface area contributed by atoms with E-state index >= 15 is 0 Å². The smallest absolute Gasteiger partial charge is 0.165 e. The van der Waals surface area contributed by atoms with Crippen LogP contribution in [0.4, 0.5) is 0 Å². The van der Waals surface area contributed by atoms with Gasteiger partial charge in [0.25, 0.3) is 0 Å². The lowest BCUT2D eigenvalue weighted by Gasteiger charge is -2.44. The predicted molar refractivity (Wildman–Crippen MR) is 88.1 cm³/mol. The summed E-state index contributed by atoms with van der Waals surface area (Å²) in [6.07, 6.45) is 11.6. The fourth-order valence-electron chi connectivity index (χ4n) is 2.74. The third-order valence-corrected chi connectivity index (χ3v) is 4.72. The predicted octanol–water partition coefficient (Wildman–Crippen LogP) is 3.18. The summed E-state index contributed by atoms with van der Waals surface area (Å²) >= 11 is 0. The molecule has 0 aromatic heterocycles. The first-order valence-electron chi connectivity index (χ1n) is 8.78. The van der Waals surface area contributed by atoms with E-state index in [1.54, 1.807) is 0 Å². The van der Waals surface area contributed by atoms with Crippen LogP contribution in [0.25, 0.3) is 0 Å². The van der Waals surface area contributed by atoms with E-state index in [4.69, 9.17) is 20.9 Å². The summed E-state index contributed by atoms with van der Waals surface area (Å²) in [5.74, 6) is -0.434. The van der Waals surface area contributed by atoms with E-state index in [-0.39, 0.29) is 5.41 Å². The second kappa shape index (κ2) is 9.78. The summed E-state index contributed by atoms with van der Waals surface area (Å²) < 4.78 is 11.9. The largest absolute Gasteiger partial charge is 0.349 e. The maximum Gasteiger partial charge on any atom is 0.165 e. The molecule has 1 rings (SSSR count). The van der Waals surface area contributed by atoms with E-state index in [1.165, 1.54) is 51.4 Å². The highest BCUT2D eigenvalue weighted by Crippen LogP contribution is 2.32. The minimum atomic E-state index is -0.434. The summed E-state index contributed by atoms with van der Waals surface area (Å²) in [6, 6.07) is 0. The van der Waals surface area contributed by atoms with Crippen molar-refractivity contribution in [3.63, 3.8) is 0 Å². The van der Waals surface area contributed by atoms with Gasteiger partial charge in [0.15, 0.2) is 5.79 Å². The normalized spacial score (nSPS) is 20.6. The molecule has 0 aromatic rings. The Bertz CT molecular complexity index is 258. The Balaban J connectivity index is 2.10. The third-order valence-electron chi connectivity index (χ3n) is 4.72. The number of nitrogens with two attached hydrogens (primary N) is 2. The number of ether oxygens (including phenoxy) is 2. The van der Waals surface area contributed by atoms with Gasteiger partial charge >= 0.3 is 0 Å². The zero-order valence-corrected chi connectivity index (χ0v) is 14.2. The fourth-order valence-corrected chi connectivity index (χ4v) is 2.74. The van der Waals surface area contributed by atoms with Gasteiger partial charge in [-0.25, -0.2) is 0 Å². The lowest BCUT2D eigenvalue weighted by atomic mass is 9.89. The molecule has 0 radical (unpaired) electrons. The quantitative estimate of drug-likeness (QED) is 0.575. The Morgan fingerprint density at radius 1 is 0.810 bits per heavy atom. The number of hydrogen-bond donors (Lipinski definition) is 2. The molecule has 1 fully saturated rings. The molecule has 21 heavy (non-hydrogen) atoms. The molecule has 4 heteroatoms. The van der Waals surface area contributed by atoms with Crippen LogP contribution in [-0.4, -0.2) is 32.1 Å². The molecule has 1 aliphatic heterocycles. The van der Waals surface area contributed by atoms with Gasteiger partial charge in [-0.3, -0.25) is 0 Å². The molecule has 4 N–H and O–H groups in total. The SMILES string of the molecule is CCCCCCCCCCC1(C)OCC(CN)(CN)CO1. The molecule has 1 saturated heterocycles. The lowest BCUT2D eigenvalue weighted by molar-refractivity contribution is -0.294. The molecule has 4 nitrogen and oxygen atoms in total. The molecule has 0 atom stereocenters. The van der Waals surface area contributed by atoms with Crippen LogP contribution in [0.15, 0.2) is 0 Å². The molecule has 1 aliphatic rings. The highest BCUT2D eigenvalue weighted by atomic mass is 16.7. The van der Waals surface area contributed by atoms with Gasteiger partial charge in [0.1, 0.15) is 0 Å². The van der Waals surface area contributed by atoms with Crippen LogP contribution < -0.4 is 11.5 Å². The van der Waals surface area contributed by atoms with Gasteiger partial charge in [-0.15, -0.1) is 0 Å². The molecular formula is C17H36N2O2. The molecule has 1 heterocycles. The highest BCUT2D eigenvalue weighted by molar-refractivity contribution is 4.86. The summed E-state index contributed by atoms with van der Waals surface area (Å²) in [5.41, 5.74) is 11.4. The third kappa shape index (κ3) is 6.64. The lowest BCUT2D eigenvalue weighted by Crippen LogP contribution is -2.54. The van der Waals surface area contributed by atoms with Crippen molar-refractivity contribution in [2.75, 3.05) is 26.3 Å². The highest BCUT2D eigenvalue weighted by Gasteiger charge is 2.40. The molecule has 0 unspecified atom stereocenters. The molecule has 0 spiro atoms. The average molecular weight is 300 g/mol. The molecular weight excluding hydrogens is 264 g/mol. The second-order valence-electron chi connectivity index (χ2n) is 6.84. The van der Waals surface area contributed by atoms with Crippen molar-refractivity contribution >= 4 is 0 Å². The summed E-state index contributed by atoms with van der Waals surface area (Å²) in [4.78, 5) is 0. The zero-order valence-electron chi connectivity index (χ0n) is 14.2. The van der Waals surface area contributed by atoms with Gasteiger partial charge in [0.2, 0.25) is 0 Å². The molecule has 0 bridgehead atoms. The van der Waals surface area contributed by atoms with E-state index in [0.717, 1.165) is 6.42 Å². The van der Waals surface area contributed by atoms with Gasteiger partial charge in [-0.05, 0) is 13.3 Å². The zero-order chi connectivity index (χ0) is 15.6. The number of unbranched alkanes of at least 4 members (excludes halogenated alkanes) is 7. The van der Waals surface area contributed by atoms with Crippen LogP contribution in [0, 0.1) is 5.41 Å². The van der Waals surface area contributed by atoms with Gasteiger partial charge in [-0.1, -0.05) is 51.9 Å². The Morgan fingerprint density at radius 2 is 1.29 bits per heavy atom. The van der Waals surface area contributed by atoms with Crippen molar-refractivity contribution in [2.24, 2.45) is 16.9 Å². The minimum Gasteiger partial charge on any atom is -0.349 e. The summed E-state index contributed by atoms with van der Waals surface area (Å²) in [6.45, 7) is 6.59. The van der Waals surface area contributed by atoms with Gasteiger partial charge in [0.05, 0.1) is 13.2 Å². The van der Waals surface area contributed by atoms with Crippen LogP contribution in [0.5, 0.6) is 0 Å². The summed E-state index contributed by atoms with van der Waals surface area (Å²) in [5, 5.41) is 0. The van der Waals surface area contributed by atoms with E-state index in [2.05, 4.69) is 6.92 Å². The van der Waals surface area contributed by atoms with Gasteiger partial charge in [-0.2, -0.15) is 0 Å². The Labute approximate surface area is 130 Å². The molecule has 0 amide bonds. The molecule has 0 aliphatic carbocycles. The molecule has 126 valence electrons. The van der Waals surface area contributed by atoms with Crippen LogP contribution >= 0.6 is 0 Å². The average Bonchev–Trinajstić information content (AvgIpc) is 2.51. The fraction of sp³-hybridized carbons (Fsp3) is 1.00. The van der Waals surface area contributed by atoms with Gasteiger partial charge in [0, 0.05) is 24.9 Å². The maximum absolute atomic E-state index is 5.94. The van der Waals surface area contributed by atoms with E-state index in [0.29, 0.717) is 26.3 Å². The topological polar surface area (TPSA) is 70.5 Å². The van der Waals surface area contributed by atoms with E-state index in [9.17, 15) is 0 Å². The van der Waals surface area contributed by atoms with Crippen molar-refractivity contribution in [3.05, 3.63) is 0 Å². The first kappa shape index (κ1) is 18.9. The summed E-state index contributed by atoms with van der Waals surface area (Å²) in [7, 11) is 0. The Hall–Kier alpha value is -0.160. The van der Waals surface area contributed by atoms with Crippen LogP contribution in [0.1, 0.15) is 71.6 Å². The van der Waals surface area contributed by atoms with E-state index < -0.39 is 5.79 Å². The minimum absolute atomic E-state index is 0.182. The molecule has 0 aromatic carbocycles. The van der Waals surface area contributed by atoms with Crippen molar-refractivity contribution in [1.82, 2.24) is 0 Å². The number of rotatable bonds is 11. The Morgan fingerprint density at radius 3 is 1.76 bits per heavy atom. The van der Waals surface area contributed by atoms with Crippen molar-refractivity contribution in [1.29, 1.82) is 0 Å². The van der Waals surface area contributed by atoms with Crippen molar-refractivity contribution in [2.45, 2.75) is 77.4 Å². The standard InChI is InChI=1S/C17H36N2O2/c1-3-4-5-6-7-8-9-10-11-16(2)20-14-17(12-18,13-19)15-21-16/h3-15,18-19H2,1-2H3. The van der Waals surface area contributed by atoms with E-state index in [1.807, 2.05) is 6.92 Å². The number of hydrogen-bond acceptors (Lipinski definition) is 4. The molecule has 0 saturated carbocycles. The first-order valence-corrected chi connectivity index (χ1v) is 8.78. The van der Waals surface area contributed by atoms with Crippen molar-refractivity contribution in [3.8, 4) is 0 Å². The van der Waals surface area contributed by atoms with Crippen molar-refractivity contribution < 1.29 is 9.47 Å². The second-order valence-corrected chi connectivity index (χ2v) is 6.84. The van der Waals surface area contributed by atoms with Crippen LogP contribution in [0.3, 0.4) is 0 Å². The van der Waals surface area contributed by atoms with Crippen LogP contribution in [-0.2, 0) is 9.47 Å². The van der Waals surface area contributed by atoms with Crippen LogP contribution in [0.2, 0.25) is 0 Å². The monoisotopic (exact) mass is 300 g/mol. The maximum atomic E-state index is 5.94. The van der Waals surface area contributed by atoms with Gasteiger partial charge < -0.3 is 20.9 Å². The Kier molecular flexibility index (Phi) is 8.79. The first-order chi connectivity index (χ1) is 10.1.